The van der Waals surface area contributed by atoms with E-state index in [0.29, 0.717) is 5.69 Å². The maximum atomic E-state index is 12.4. The zero-order valence-corrected chi connectivity index (χ0v) is 13.0. The Morgan fingerprint density at radius 2 is 1.74 bits per heavy atom. The summed E-state index contributed by atoms with van der Waals surface area (Å²) in [5.74, 6) is -0.161. The zero-order valence-electron chi connectivity index (χ0n) is 13.0. The minimum Gasteiger partial charge on any atom is -0.493 e. The SMILES string of the molecule is COc1cc(C(=O)Nc2ccccc2C)c([N+](=O)[O-])cc1OC. The first-order valence-corrected chi connectivity index (χ1v) is 6.75. The van der Waals surface area contributed by atoms with Crippen LogP contribution in [0.2, 0.25) is 0 Å². The second kappa shape index (κ2) is 6.78. The Kier molecular flexibility index (Phi) is 4.80. The van der Waals surface area contributed by atoms with Crippen molar-refractivity contribution in [1.82, 2.24) is 0 Å². The maximum Gasteiger partial charge on any atom is 0.286 e. The van der Waals surface area contributed by atoms with Gasteiger partial charge in [0.25, 0.3) is 11.6 Å². The topological polar surface area (TPSA) is 90.7 Å². The second-order valence-corrected chi connectivity index (χ2v) is 4.75. The molecule has 0 unspecified atom stereocenters. The number of methoxy groups -OCH3 is 2. The van der Waals surface area contributed by atoms with Crippen molar-refractivity contribution in [3.8, 4) is 11.5 Å². The number of hydrogen-bond acceptors (Lipinski definition) is 5. The van der Waals surface area contributed by atoms with Crippen LogP contribution in [0.1, 0.15) is 15.9 Å². The van der Waals surface area contributed by atoms with Gasteiger partial charge in [-0.1, -0.05) is 18.2 Å². The summed E-state index contributed by atoms with van der Waals surface area (Å²) in [7, 11) is 2.77. The van der Waals surface area contributed by atoms with Crippen molar-refractivity contribution in [2.75, 3.05) is 19.5 Å². The van der Waals surface area contributed by atoms with Gasteiger partial charge in [-0.3, -0.25) is 14.9 Å². The molecule has 0 fully saturated rings. The molecular weight excluding hydrogens is 300 g/mol. The lowest BCUT2D eigenvalue weighted by atomic mass is 10.1. The van der Waals surface area contributed by atoms with Crippen molar-refractivity contribution in [1.29, 1.82) is 0 Å². The van der Waals surface area contributed by atoms with Gasteiger partial charge in [-0.2, -0.15) is 0 Å². The highest BCUT2D eigenvalue weighted by atomic mass is 16.6. The summed E-state index contributed by atoms with van der Waals surface area (Å²) in [6, 6.07) is 9.63. The Bertz CT molecular complexity index is 758. The molecule has 1 N–H and O–H groups in total. The van der Waals surface area contributed by atoms with Crippen molar-refractivity contribution >= 4 is 17.3 Å². The summed E-state index contributed by atoms with van der Waals surface area (Å²) in [5.41, 5.74) is 0.982. The first-order chi connectivity index (χ1) is 11.0. The molecule has 23 heavy (non-hydrogen) atoms. The van der Waals surface area contributed by atoms with Crippen LogP contribution in [-0.2, 0) is 0 Å². The number of hydrogen-bond donors (Lipinski definition) is 1. The highest BCUT2D eigenvalue weighted by Gasteiger charge is 2.24. The third-order valence-corrected chi connectivity index (χ3v) is 3.34. The van der Waals surface area contributed by atoms with Gasteiger partial charge in [-0.05, 0) is 18.6 Å². The first kappa shape index (κ1) is 16.3. The van der Waals surface area contributed by atoms with Gasteiger partial charge in [0, 0.05) is 11.8 Å². The fourth-order valence-corrected chi connectivity index (χ4v) is 2.10. The molecule has 0 heterocycles. The largest absolute Gasteiger partial charge is 0.493 e. The molecule has 2 aromatic carbocycles. The quantitative estimate of drug-likeness (QED) is 0.676. The van der Waals surface area contributed by atoms with Crippen molar-refractivity contribution in [2.24, 2.45) is 0 Å². The number of ether oxygens (including phenoxy) is 2. The molecule has 0 aromatic heterocycles. The smallest absolute Gasteiger partial charge is 0.286 e. The average Bonchev–Trinajstić information content (AvgIpc) is 2.55. The van der Waals surface area contributed by atoms with Crippen LogP contribution in [-0.4, -0.2) is 25.1 Å². The molecule has 2 aromatic rings. The number of anilines is 1. The third kappa shape index (κ3) is 3.39. The average molecular weight is 316 g/mol. The summed E-state index contributed by atoms with van der Waals surface area (Å²) in [6.45, 7) is 1.83. The van der Waals surface area contributed by atoms with Gasteiger partial charge in [0.2, 0.25) is 0 Å². The van der Waals surface area contributed by atoms with Crippen molar-refractivity contribution in [2.45, 2.75) is 6.92 Å². The van der Waals surface area contributed by atoms with Gasteiger partial charge >= 0.3 is 0 Å². The number of nitro benzene ring substituents is 1. The van der Waals surface area contributed by atoms with E-state index >= 15 is 0 Å². The van der Waals surface area contributed by atoms with Crippen LogP contribution in [0.3, 0.4) is 0 Å². The van der Waals surface area contributed by atoms with Crippen LogP contribution in [0, 0.1) is 17.0 Å². The fraction of sp³-hybridized carbons (Fsp3) is 0.188. The summed E-state index contributed by atoms with van der Waals surface area (Å²) < 4.78 is 10.1. The van der Waals surface area contributed by atoms with E-state index in [9.17, 15) is 14.9 Å². The highest BCUT2D eigenvalue weighted by molar-refractivity contribution is 6.07. The molecule has 120 valence electrons. The number of carbonyl (C=O) groups is 1. The van der Waals surface area contributed by atoms with Gasteiger partial charge < -0.3 is 14.8 Å². The molecule has 0 atom stereocenters. The van der Waals surface area contributed by atoms with Crippen LogP contribution in [0.5, 0.6) is 11.5 Å². The van der Waals surface area contributed by atoms with Crippen LogP contribution >= 0.6 is 0 Å². The zero-order chi connectivity index (χ0) is 17.0. The van der Waals surface area contributed by atoms with E-state index in [2.05, 4.69) is 5.32 Å². The number of benzene rings is 2. The molecule has 0 spiro atoms. The van der Waals surface area contributed by atoms with Crippen LogP contribution in [0.15, 0.2) is 36.4 Å². The molecule has 2 rings (SSSR count). The first-order valence-electron chi connectivity index (χ1n) is 6.75. The van der Waals surface area contributed by atoms with Gasteiger partial charge in [0.05, 0.1) is 25.2 Å². The van der Waals surface area contributed by atoms with E-state index in [4.69, 9.17) is 9.47 Å². The number of amides is 1. The number of carbonyl (C=O) groups excluding carboxylic acids is 1. The summed E-state index contributed by atoms with van der Waals surface area (Å²) in [4.78, 5) is 23.1. The Balaban J connectivity index is 2.46. The third-order valence-electron chi connectivity index (χ3n) is 3.34. The molecule has 0 aliphatic rings. The number of para-hydroxylation sites is 1. The second-order valence-electron chi connectivity index (χ2n) is 4.75. The summed E-state index contributed by atoms with van der Waals surface area (Å²) in [5, 5.41) is 13.9. The number of aryl methyl sites for hydroxylation is 1. The predicted octanol–water partition coefficient (Wildman–Crippen LogP) is 3.17. The van der Waals surface area contributed by atoms with Gasteiger partial charge in [0.1, 0.15) is 5.56 Å². The minimum absolute atomic E-state index is 0.101. The van der Waals surface area contributed by atoms with E-state index in [1.54, 1.807) is 12.1 Å². The number of rotatable bonds is 5. The Morgan fingerprint density at radius 1 is 1.13 bits per heavy atom. The van der Waals surface area contributed by atoms with Crippen molar-refractivity contribution < 1.29 is 19.2 Å². The van der Waals surface area contributed by atoms with Crippen molar-refractivity contribution in [3.63, 3.8) is 0 Å². The lowest BCUT2D eigenvalue weighted by Gasteiger charge is -2.12. The highest BCUT2D eigenvalue weighted by Crippen LogP contribution is 2.34. The lowest BCUT2D eigenvalue weighted by molar-refractivity contribution is -0.385. The molecule has 7 heteroatoms. The molecule has 7 nitrogen and oxygen atoms in total. The molecule has 0 aliphatic carbocycles. The van der Waals surface area contributed by atoms with E-state index in [1.807, 2.05) is 19.1 Å². The van der Waals surface area contributed by atoms with Crippen LogP contribution in [0.25, 0.3) is 0 Å². The van der Waals surface area contributed by atoms with Crippen LogP contribution < -0.4 is 14.8 Å². The monoisotopic (exact) mass is 316 g/mol. The fourth-order valence-electron chi connectivity index (χ4n) is 2.10. The van der Waals surface area contributed by atoms with Crippen molar-refractivity contribution in [3.05, 3.63) is 57.6 Å². The Morgan fingerprint density at radius 3 is 2.30 bits per heavy atom. The van der Waals surface area contributed by atoms with E-state index in [1.165, 1.54) is 26.4 Å². The van der Waals surface area contributed by atoms with E-state index in [0.717, 1.165) is 5.56 Å². The van der Waals surface area contributed by atoms with E-state index in [-0.39, 0.29) is 22.7 Å². The minimum atomic E-state index is -0.630. The maximum absolute atomic E-state index is 12.4. The van der Waals surface area contributed by atoms with Gasteiger partial charge in [-0.25, -0.2) is 0 Å². The number of nitrogens with zero attached hydrogens (tertiary/aromatic N) is 1. The molecule has 0 saturated carbocycles. The van der Waals surface area contributed by atoms with E-state index < -0.39 is 10.8 Å². The number of nitrogens with one attached hydrogen (secondary N) is 1. The molecule has 0 bridgehead atoms. The molecule has 0 radical (unpaired) electrons. The molecule has 1 amide bonds. The molecule has 0 aliphatic heterocycles. The Labute approximate surface area is 133 Å². The summed E-state index contributed by atoms with van der Waals surface area (Å²) in [6.07, 6.45) is 0. The molecular formula is C16H16N2O5. The number of nitro groups is 1. The van der Waals surface area contributed by atoms with Gasteiger partial charge in [0.15, 0.2) is 11.5 Å². The molecule has 0 saturated heterocycles. The van der Waals surface area contributed by atoms with Gasteiger partial charge in [-0.15, -0.1) is 0 Å². The van der Waals surface area contributed by atoms with Crippen LogP contribution in [0.4, 0.5) is 11.4 Å². The summed E-state index contributed by atoms with van der Waals surface area (Å²) >= 11 is 0. The standard InChI is InChI=1S/C16H16N2O5/c1-10-6-4-5-7-12(10)17-16(19)11-8-14(22-2)15(23-3)9-13(11)18(20)21/h4-9H,1-3H3,(H,17,19). The predicted molar refractivity (Wildman–Crippen MR) is 85.3 cm³/mol. The normalized spacial score (nSPS) is 10.0. The lowest BCUT2D eigenvalue weighted by Crippen LogP contribution is -2.15. The Hall–Kier alpha value is -3.09.